The van der Waals surface area contributed by atoms with Gasteiger partial charge in [-0.15, -0.1) is 0 Å². The fourth-order valence-electron chi connectivity index (χ4n) is 4.44. The first-order valence-electron chi connectivity index (χ1n) is 15.1. The first kappa shape index (κ1) is 32.9. The summed E-state index contributed by atoms with van der Waals surface area (Å²) in [5, 5.41) is 0. The van der Waals surface area contributed by atoms with Gasteiger partial charge in [0.15, 0.2) is 0 Å². The highest BCUT2D eigenvalue weighted by atomic mass is 15.1. The fourth-order valence-corrected chi connectivity index (χ4v) is 4.44. The van der Waals surface area contributed by atoms with Gasteiger partial charge in [0, 0.05) is 0 Å². The second-order valence-corrected chi connectivity index (χ2v) is 10.3. The van der Waals surface area contributed by atoms with Gasteiger partial charge in [-0.25, -0.2) is 0 Å². The smallest absolute Gasteiger partial charge is 0.00218 e. The topological polar surface area (TPSA) is 3.24 Å². The van der Waals surface area contributed by atoms with Crippen molar-refractivity contribution in [2.24, 2.45) is 0 Å². The highest BCUT2D eigenvalue weighted by Gasteiger charge is 1.99. The fraction of sp³-hybridized carbons (Fsp3) is 0.758. The van der Waals surface area contributed by atoms with Crippen molar-refractivity contribution in [3.8, 4) is 0 Å². The van der Waals surface area contributed by atoms with Crippen LogP contribution in [0.25, 0.3) is 6.08 Å². The summed E-state index contributed by atoms with van der Waals surface area (Å²) in [6.45, 7) is 10.9. The van der Waals surface area contributed by atoms with Crippen LogP contribution in [0.3, 0.4) is 0 Å². The molecule has 0 N–H and O–H groups in total. The van der Waals surface area contributed by atoms with E-state index < -0.39 is 0 Å². The van der Waals surface area contributed by atoms with Gasteiger partial charge in [-0.3, -0.25) is 0 Å². The molecule has 1 heteroatoms. The molecule has 0 aliphatic rings. The monoisotopic (exact) mass is 471 g/mol. The van der Waals surface area contributed by atoms with Crippen molar-refractivity contribution in [1.29, 1.82) is 0 Å². The molecule has 0 unspecified atom stereocenters. The van der Waals surface area contributed by atoms with Gasteiger partial charge in [0.1, 0.15) is 0 Å². The lowest BCUT2D eigenvalue weighted by Crippen LogP contribution is -2.20. The Bertz CT molecular complexity index is 471. The van der Waals surface area contributed by atoms with Gasteiger partial charge in [-0.2, -0.15) is 0 Å². The Morgan fingerprint density at radius 2 is 0.853 bits per heavy atom. The Hall–Kier alpha value is -1.08. The molecular weight excluding hydrogens is 410 g/mol. The average Bonchev–Trinajstić information content (AvgIpc) is 2.87. The van der Waals surface area contributed by atoms with Crippen molar-refractivity contribution in [2.75, 3.05) is 20.1 Å². The molecule has 0 radical (unpaired) electrons. The van der Waals surface area contributed by atoms with E-state index in [0.29, 0.717) is 0 Å². The van der Waals surface area contributed by atoms with Crippen LogP contribution in [-0.4, -0.2) is 25.0 Å². The normalized spacial score (nSPS) is 10.8. The molecule has 0 bridgehead atoms. The molecule has 0 aliphatic carbocycles. The second kappa shape index (κ2) is 28.2. The molecule has 198 valence electrons. The van der Waals surface area contributed by atoms with Crippen molar-refractivity contribution < 1.29 is 0 Å². The van der Waals surface area contributed by atoms with Gasteiger partial charge < -0.3 is 4.90 Å². The molecule has 0 spiro atoms. The predicted molar refractivity (Wildman–Crippen MR) is 158 cm³/mol. The number of nitrogens with zero attached hydrogens (tertiary/aromatic N) is 1. The van der Waals surface area contributed by atoms with Crippen LogP contribution in [0.4, 0.5) is 0 Å². The summed E-state index contributed by atoms with van der Waals surface area (Å²) in [6, 6.07) is 10.0. The van der Waals surface area contributed by atoms with E-state index in [-0.39, 0.29) is 0 Å². The Balaban J connectivity index is 0.00000113. The van der Waals surface area contributed by atoms with E-state index in [9.17, 15) is 0 Å². The number of hydrogen-bond acceptors (Lipinski definition) is 1. The quantitative estimate of drug-likeness (QED) is 0.143. The van der Waals surface area contributed by atoms with Crippen molar-refractivity contribution in [1.82, 2.24) is 4.90 Å². The summed E-state index contributed by atoms with van der Waals surface area (Å²) in [5.74, 6) is 0. The Kier molecular flexibility index (Phi) is 27.3. The van der Waals surface area contributed by atoms with Gasteiger partial charge in [0.05, 0.1) is 0 Å². The van der Waals surface area contributed by atoms with Crippen LogP contribution in [-0.2, 0) is 0 Å². The molecule has 0 saturated carbocycles. The third-order valence-corrected chi connectivity index (χ3v) is 6.82. The van der Waals surface area contributed by atoms with Crippen LogP contribution in [0, 0.1) is 0 Å². The summed E-state index contributed by atoms with van der Waals surface area (Å²) in [6.07, 6.45) is 30.7. The minimum Gasteiger partial charge on any atom is -0.306 e. The van der Waals surface area contributed by atoms with Crippen LogP contribution in [0.5, 0.6) is 0 Å². The first-order valence-corrected chi connectivity index (χ1v) is 15.1. The largest absolute Gasteiger partial charge is 0.306 e. The summed E-state index contributed by atoms with van der Waals surface area (Å²) in [7, 11) is 2.32. The predicted octanol–water partition coefficient (Wildman–Crippen LogP) is 11.1. The number of benzene rings is 1. The van der Waals surface area contributed by atoms with Crippen LogP contribution >= 0.6 is 0 Å². The van der Waals surface area contributed by atoms with Crippen molar-refractivity contribution in [3.05, 3.63) is 42.5 Å². The zero-order chi connectivity index (χ0) is 25.0. The second-order valence-electron chi connectivity index (χ2n) is 10.3. The first-order chi connectivity index (χ1) is 16.7. The third kappa shape index (κ3) is 25.5. The molecule has 0 heterocycles. The lowest BCUT2D eigenvalue weighted by molar-refractivity contribution is 0.314. The van der Waals surface area contributed by atoms with E-state index in [1.54, 1.807) is 0 Å². The number of unbranched alkanes of at least 4 members (excludes halogenated alkanes) is 18. The van der Waals surface area contributed by atoms with Gasteiger partial charge in [0.25, 0.3) is 0 Å². The summed E-state index contributed by atoms with van der Waals surface area (Å²) >= 11 is 0. The third-order valence-electron chi connectivity index (χ3n) is 6.82. The maximum Gasteiger partial charge on any atom is -0.00218 e. The van der Waals surface area contributed by atoms with Crippen molar-refractivity contribution >= 4 is 6.08 Å². The Labute approximate surface area is 215 Å². The molecule has 1 rings (SSSR count). The Morgan fingerprint density at radius 3 is 1.15 bits per heavy atom. The molecule has 34 heavy (non-hydrogen) atoms. The maximum absolute atomic E-state index is 3.63. The van der Waals surface area contributed by atoms with Crippen LogP contribution in [0.1, 0.15) is 148 Å². The molecule has 0 saturated heterocycles. The Morgan fingerprint density at radius 1 is 0.529 bits per heavy atom. The lowest BCUT2D eigenvalue weighted by Gasteiger charge is -2.16. The summed E-state index contributed by atoms with van der Waals surface area (Å²) in [4.78, 5) is 2.56. The van der Waals surface area contributed by atoms with Crippen molar-refractivity contribution in [2.45, 2.75) is 142 Å². The van der Waals surface area contributed by atoms with E-state index in [1.807, 2.05) is 36.4 Å². The lowest BCUT2D eigenvalue weighted by atomic mass is 10.1. The zero-order valence-corrected chi connectivity index (χ0v) is 23.7. The SMILES string of the molecule is C=Cc1ccccc1.CCCCCCCCCCCCN(C)CCCCCCCCCCCC. The molecule has 0 aromatic heterocycles. The van der Waals surface area contributed by atoms with Gasteiger partial charge in [-0.05, 0) is 38.5 Å². The zero-order valence-electron chi connectivity index (χ0n) is 23.7. The molecule has 1 aromatic rings. The molecule has 0 aliphatic heterocycles. The summed E-state index contributed by atoms with van der Waals surface area (Å²) < 4.78 is 0. The van der Waals surface area contributed by atoms with Crippen LogP contribution < -0.4 is 0 Å². The average molecular weight is 472 g/mol. The highest BCUT2D eigenvalue weighted by molar-refractivity contribution is 5.45. The maximum atomic E-state index is 3.63. The molecule has 0 atom stereocenters. The highest BCUT2D eigenvalue weighted by Crippen LogP contribution is 2.12. The molecule has 0 amide bonds. The van der Waals surface area contributed by atoms with E-state index in [0.717, 1.165) is 0 Å². The molecular formula is C33H61N. The van der Waals surface area contributed by atoms with Gasteiger partial charge in [0.2, 0.25) is 0 Å². The minimum absolute atomic E-state index is 1.17. The number of hydrogen-bond donors (Lipinski definition) is 0. The number of rotatable bonds is 23. The van der Waals surface area contributed by atoms with Gasteiger partial charge in [-0.1, -0.05) is 172 Å². The molecule has 0 fully saturated rings. The standard InChI is InChI=1S/C25H53N.C8H8/c1-4-6-8-10-12-14-16-18-20-22-24-26(3)25-23-21-19-17-15-13-11-9-7-5-2;1-2-8-6-4-3-5-7-8/h4-25H2,1-3H3;2-7H,1H2. The minimum atomic E-state index is 1.17. The van der Waals surface area contributed by atoms with E-state index in [1.165, 1.54) is 147 Å². The van der Waals surface area contributed by atoms with Crippen LogP contribution in [0.2, 0.25) is 0 Å². The van der Waals surface area contributed by atoms with Gasteiger partial charge >= 0.3 is 0 Å². The van der Waals surface area contributed by atoms with E-state index in [4.69, 9.17) is 0 Å². The molecule has 1 nitrogen and oxygen atoms in total. The molecule has 1 aromatic carbocycles. The van der Waals surface area contributed by atoms with E-state index >= 15 is 0 Å². The van der Waals surface area contributed by atoms with Crippen molar-refractivity contribution in [3.63, 3.8) is 0 Å². The van der Waals surface area contributed by atoms with E-state index in [2.05, 4.69) is 32.4 Å². The summed E-state index contributed by atoms with van der Waals surface area (Å²) in [5.41, 5.74) is 1.17. The van der Waals surface area contributed by atoms with Crippen LogP contribution in [0.15, 0.2) is 36.9 Å².